The average molecular weight is 399 g/mol. The van der Waals surface area contributed by atoms with Crippen molar-refractivity contribution in [1.29, 1.82) is 0 Å². The molecular formula is C26H22S2. The Bertz CT molecular complexity index is 1010. The second-order valence-electron chi connectivity index (χ2n) is 6.97. The molecule has 0 spiro atoms. The molecule has 0 aliphatic heterocycles. The van der Waals surface area contributed by atoms with Crippen LogP contribution in [0.3, 0.4) is 0 Å². The van der Waals surface area contributed by atoms with Gasteiger partial charge in [-0.1, -0.05) is 84.0 Å². The SMILES string of the molecule is Cc1ccc(C=Cc2cscc2-c2cscc2C=Cc2ccc(C)cc2)cc1. The van der Waals surface area contributed by atoms with Crippen molar-refractivity contribution >= 4 is 47.0 Å². The lowest BCUT2D eigenvalue weighted by Crippen LogP contribution is -1.79. The summed E-state index contributed by atoms with van der Waals surface area (Å²) in [7, 11) is 0. The van der Waals surface area contributed by atoms with Gasteiger partial charge in [0.05, 0.1) is 0 Å². The minimum atomic E-state index is 1.23. The van der Waals surface area contributed by atoms with Crippen LogP contribution in [0.25, 0.3) is 35.4 Å². The van der Waals surface area contributed by atoms with Crippen LogP contribution < -0.4 is 0 Å². The zero-order chi connectivity index (χ0) is 19.3. The topological polar surface area (TPSA) is 0 Å². The molecule has 0 bridgehead atoms. The van der Waals surface area contributed by atoms with Gasteiger partial charge >= 0.3 is 0 Å². The molecule has 0 aliphatic rings. The third-order valence-corrected chi connectivity index (χ3v) is 6.26. The minimum Gasteiger partial charge on any atom is -0.151 e. The number of hydrogen-bond donors (Lipinski definition) is 0. The monoisotopic (exact) mass is 398 g/mol. The summed E-state index contributed by atoms with van der Waals surface area (Å²) in [6.07, 6.45) is 8.83. The van der Waals surface area contributed by atoms with E-state index in [4.69, 9.17) is 0 Å². The van der Waals surface area contributed by atoms with Crippen LogP contribution >= 0.6 is 22.7 Å². The molecule has 0 saturated carbocycles. The van der Waals surface area contributed by atoms with Gasteiger partial charge in [0, 0.05) is 11.1 Å². The molecule has 0 radical (unpaired) electrons. The van der Waals surface area contributed by atoms with Crippen molar-refractivity contribution in [1.82, 2.24) is 0 Å². The van der Waals surface area contributed by atoms with Gasteiger partial charge in [0.2, 0.25) is 0 Å². The van der Waals surface area contributed by atoms with Crippen molar-refractivity contribution in [3.8, 4) is 11.1 Å². The van der Waals surface area contributed by atoms with Crippen LogP contribution in [-0.2, 0) is 0 Å². The van der Waals surface area contributed by atoms with Crippen LogP contribution in [-0.4, -0.2) is 0 Å². The summed E-state index contributed by atoms with van der Waals surface area (Å²) in [5, 5.41) is 8.95. The number of rotatable bonds is 5. The molecule has 2 aromatic carbocycles. The standard InChI is InChI=1S/C26H22S2/c1-19-3-7-21(8-4-19)11-13-23-15-27-17-25(23)26-18-28-16-24(26)14-12-22-9-5-20(2)6-10-22/h3-18H,1-2H3. The maximum Gasteiger partial charge on any atom is 0.00102 e. The molecular weight excluding hydrogens is 376 g/mol. The van der Waals surface area contributed by atoms with Gasteiger partial charge in [0.15, 0.2) is 0 Å². The van der Waals surface area contributed by atoms with Crippen molar-refractivity contribution in [2.75, 3.05) is 0 Å². The molecule has 0 fully saturated rings. The van der Waals surface area contributed by atoms with E-state index in [1.807, 2.05) is 0 Å². The Morgan fingerprint density at radius 1 is 0.500 bits per heavy atom. The zero-order valence-electron chi connectivity index (χ0n) is 16.1. The van der Waals surface area contributed by atoms with Crippen molar-refractivity contribution < 1.29 is 0 Å². The minimum absolute atomic E-state index is 1.23. The van der Waals surface area contributed by atoms with E-state index in [-0.39, 0.29) is 0 Å². The van der Waals surface area contributed by atoms with Crippen molar-refractivity contribution in [2.24, 2.45) is 0 Å². The fourth-order valence-corrected chi connectivity index (χ4v) is 4.68. The van der Waals surface area contributed by atoms with E-state index in [1.54, 1.807) is 22.7 Å². The van der Waals surface area contributed by atoms with E-state index in [9.17, 15) is 0 Å². The molecule has 0 amide bonds. The first kappa shape index (κ1) is 18.7. The van der Waals surface area contributed by atoms with Crippen LogP contribution in [0.5, 0.6) is 0 Å². The largest absolute Gasteiger partial charge is 0.151 e. The molecule has 0 saturated heterocycles. The highest BCUT2D eigenvalue weighted by atomic mass is 32.1. The molecule has 0 atom stereocenters. The van der Waals surface area contributed by atoms with Crippen LogP contribution in [0.1, 0.15) is 33.4 Å². The Morgan fingerprint density at radius 3 is 1.29 bits per heavy atom. The normalized spacial score (nSPS) is 11.6. The Hall–Kier alpha value is -2.68. The molecule has 28 heavy (non-hydrogen) atoms. The van der Waals surface area contributed by atoms with Crippen LogP contribution in [0.15, 0.2) is 70.1 Å². The van der Waals surface area contributed by atoms with Gasteiger partial charge < -0.3 is 0 Å². The zero-order valence-corrected chi connectivity index (χ0v) is 17.7. The van der Waals surface area contributed by atoms with Crippen molar-refractivity contribution in [3.05, 3.63) is 103 Å². The van der Waals surface area contributed by atoms with E-state index >= 15 is 0 Å². The lowest BCUT2D eigenvalue weighted by molar-refractivity contribution is 1.46. The first-order valence-corrected chi connectivity index (χ1v) is 11.2. The fraction of sp³-hybridized carbons (Fsp3) is 0.0769. The Labute approximate surface area is 175 Å². The number of thiophene rings is 2. The molecule has 0 unspecified atom stereocenters. The number of aryl methyl sites for hydroxylation is 2. The maximum atomic E-state index is 2.25. The summed E-state index contributed by atoms with van der Waals surface area (Å²) in [5.41, 5.74) is 10.2. The first-order chi connectivity index (χ1) is 13.7. The molecule has 0 nitrogen and oxygen atoms in total. The van der Waals surface area contributed by atoms with Gasteiger partial charge in [0.25, 0.3) is 0 Å². The Balaban J connectivity index is 1.59. The average Bonchev–Trinajstić information content (AvgIpc) is 3.36. The van der Waals surface area contributed by atoms with Gasteiger partial charge in [0.1, 0.15) is 0 Å². The number of benzene rings is 2. The summed E-state index contributed by atoms with van der Waals surface area (Å²) in [5.74, 6) is 0. The summed E-state index contributed by atoms with van der Waals surface area (Å²) >= 11 is 3.51. The van der Waals surface area contributed by atoms with Gasteiger partial charge in [-0.25, -0.2) is 0 Å². The predicted octanol–water partition coefficient (Wildman–Crippen LogP) is 8.43. The second-order valence-corrected chi connectivity index (χ2v) is 8.46. The lowest BCUT2D eigenvalue weighted by Gasteiger charge is -2.01. The van der Waals surface area contributed by atoms with Crippen LogP contribution in [0.4, 0.5) is 0 Å². The number of hydrogen-bond acceptors (Lipinski definition) is 2. The third-order valence-electron chi connectivity index (χ3n) is 4.74. The molecule has 138 valence electrons. The summed E-state index contributed by atoms with van der Waals surface area (Å²) in [6, 6.07) is 17.3. The van der Waals surface area contributed by atoms with Gasteiger partial charge in [-0.15, -0.1) is 0 Å². The maximum absolute atomic E-state index is 2.25. The molecule has 2 heterocycles. The van der Waals surface area contributed by atoms with Gasteiger partial charge in [-0.3, -0.25) is 0 Å². The Kier molecular flexibility index (Phi) is 5.70. The van der Waals surface area contributed by atoms with Crippen molar-refractivity contribution in [3.63, 3.8) is 0 Å². The molecule has 0 aliphatic carbocycles. The summed E-state index contributed by atoms with van der Waals surface area (Å²) in [4.78, 5) is 0. The molecule has 4 aromatic rings. The van der Waals surface area contributed by atoms with Gasteiger partial charge in [-0.2, -0.15) is 22.7 Å². The van der Waals surface area contributed by atoms with E-state index in [0.717, 1.165) is 0 Å². The van der Waals surface area contributed by atoms with Crippen LogP contribution in [0.2, 0.25) is 0 Å². The predicted molar refractivity (Wildman–Crippen MR) is 128 cm³/mol. The van der Waals surface area contributed by atoms with E-state index in [1.165, 1.54) is 44.5 Å². The highest BCUT2D eigenvalue weighted by molar-refractivity contribution is 7.09. The summed E-state index contributed by atoms with van der Waals surface area (Å²) in [6.45, 7) is 4.24. The van der Waals surface area contributed by atoms with E-state index < -0.39 is 0 Å². The van der Waals surface area contributed by atoms with Crippen LogP contribution in [0, 0.1) is 13.8 Å². The van der Waals surface area contributed by atoms with Crippen molar-refractivity contribution in [2.45, 2.75) is 13.8 Å². The second kappa shape index (κ2) is 8.55. The van der Waals surface area contributed by atoms with E-state index in [2.05, 4.69) is 108 Å². The first-order valence-electron chi connectivity index (χ1n) is 9.31. The molecule has 2 aromatic heterocycles. The quantitative estimate of drug-likeness (QED) is 0.316. The molecule has 0 N–H and O–H groups in total. The van der Waals surface area contributed by atoms with E-state index in [0.29, 0.717) is 0 Å². The highest BCUT2D eigenvalue weighted by Gasteiger charge is 2.09. The Morgan fingerprint density at radius 2 is 0.893 bits per heavy atom. The highest BCUT2D eigenvalue weighted by Crippen LogP contribution is 2.34. The summed E-state index contributed by atoms with van der Waals surface area (Å²) < 4.78 is 0. The van der Waals surface area contributed by atoms with Gasteiger partial charge in [-0.05, 0) is 57.6 Å². The lowest BCUT2D eigenvalue weighted by atomic mass is 10.0. The fourth-order valence-electron chi connectivity index (χ4n) is 3.04. The molecule has 4 rings (SSSR count). The smallest absolute Gasteiger partial charge is 0.00102 e. The molecule has 2 heteroatoms. The third kappa shape index (κ3) is 4.41.